The van der Waals surface area contributed by atoms with Gasteiger partial charge in [-0.3, -0.25) is 0 Å². The zero-order valence-corrected chi connectivity index (χ0v) is 12.2. The van der Waals surface area contributed by atoms with E-state index in [1.54, 1.807) is 11.9 Å². The van der Waals surface area contributed by atoms with E-state index < -0.39 is 25.8 Å². The predicted molar refractivity (Wildman–Crippen MR) is 71.2 cm³/mol. The summed E-state index contributed by atoms with van der Waals surface area (Å²) in [6, 6.07) is 4.55. The molecule has 0 unspecified atom stereocenters. The number of nitrogens with two attached hydrogens (primary N) is 1. The van der Waals surface area contributed by atoms with Gasteiger partial charge in [0, 0.05) is 24.8 Å². The van der Waals surface area contributed by atoms with Crippen LogP contribution < -0.4 is 10.6 Å². The first-order valence-electron chi connectivity index (χ1n) is 5.79. The van der Waals surface area contributed by atoms with Gasteiger partial charge in [0.2, 0.25) is 0 Å². The number of alkyl halides is 3. The minimum atomic E-state index is -5.30. The molecule has 0 fully saturated rings. The molecule has 4 nitrogen and oxygen atoms in total. The molecule has 0 saturated carbocycles. The third kappa shape index (κ3) is 3.06. The Labute approximate surface area is 116 Å². The molecular formula is C12H17F3N2O2S. The molecule has 0 spiro atoms. The molecule has 0 atom stereocenters. The summed E-state index contributed by atoms with van der Waals surface area (Å²) in [5.41, 5.74) is 0.506. The molecule has 0 aromatic heterocycles. The second-order valence-corrected chi connectivity index (χ2v) is 6.96. The molecule has 0 radical (unpaired) electrons. The average Bonchev–Trinajstić information content (AvgIpc) is 2.36. The lowest BCUT2D eigenvalue weighted by Crippen LogP contribution is -2.47. The van der Waals surface area contributed by atoms with Crippen molar-refractivity contribution in [2.45, 2.75) is 29.8 Å². The highest BCUT2D eigenvalue weighted by Crippen LogP contribution is 2.31. The van der Waals surface area contributed by atoms with Crippen LogP contribution in [0.5, 0.6) is 0 Å². The van der Waals surface area contributed by atoms with Crippen molar-refractivity contribution in [2.24, 2.45) is 5.73 Å². The Bertz CT molecular complexity index is 565. The predicted octanol–water partition coefficient (Wildman–Crippen LogP) is 2.15. The lowest BCUT2D eigenvalue weighted by atomic mass is 10.0. The van der Waals surface area contributed by atoms with E-state index in [-0.39, 0.29) is 0 Å². The number of anilines is 1. The number of rotatable bonds is 4. The van der Waals surface area contributed by atoms with E-state index in [0.29, 0.717) is 12.2 Å². The van der Waals surface area contributed by atoms with Gasteiger partial charge in [0.05, 0.1) is 4.90 Å². The molecular weight excluding hydrogens is 293 g/mol. The standard InChI is InChI=1S/C12H17F3N2O2S/c1-11(2,8-16)17(3)9-4-6-10(7-5-9)20(18,19)12(13,14)15/h4-7H,8,16H2,1-3H3. The first-order chi connectivity index (χ1) is 8.93. The van der Waals surface area contributed by atoms with Crippen LogP contribution in [0.3, 0.4) is 0 Å². The zero-order valence-electron chi connectivity index (χ0n) is 11.4. The van der Waals surface area contributed by atoms with E-state index in [1.165, 1.54) is 12.1 Å². The minimum absolute atomic E-state index is 0.339. The van der Waals surface area contributed by atoms with Crippen molar-refractivity contribution in [3.8, 4) is 0 Å². The van der Waals surface area contributed by atoms with Crippen molar-refractivity contribution >= 4 is 15.5 Å². The smallest absolute Gasteiger partial charge is 0.368 e. The van der Waals surface area contributed by atoms with Gasteiger partial charge in [0.1, 0.15) is 0 Å². The maximum Gasteiger partial charge on any atom is 0.501 e. The quantitative estimate of drug-likeness (QED) is 0.925. The molecule has 0 aliphatic heterocycles. The minimum Gasteiger partial charge on any atom is -0.368 e. The molecule has 20 heavy (non-hydrogen) atoms. The van der Waals surface area contributed by atoms with Gasteiger partial charge in [-0.25, -0.2) is 8.42 Å². The lowest BCUT2D eigenvalue weighted by molar-refractivity contribution is -0.0436. The number of nitrogens with zero attached hydrogens (tertiary/aromatic N) is 1. The fourth-order valence-corrected chi connectivity index (χ4v) is 2.23. The average molecular weight is 310 g/mol. The molecule has 2 N–H and O–H groups in total. The van der Waals surface area contributed by atoms with Crippen LogP contribution in [0.15, 0.2) is 29.2 Å². The van der Waals surface area contributed by atoms with Crippen LogP contribution in [0.2, 0.25) is 0 Å². The van der Waals surface area contributed by atoms with Gasteiger partial charge in [-0.05, 0) is 38.1 Å². The molecule has 1 aromatic carbocycles. The van der Waals surface area contributed by atoms with E-state index in [9.17, 15) is 21.6 Å². The lowest BCUT2D eigenvalue weighted by Gasteiger charge is -2.36. The monoisotopic (exact) mass is 310 g/mol. The summed E-state index contributed by atoms with van der Waals surface area (Å²) in [6.07, 6.45) is 0. The number of sulfone groups is 1. The molecule has 0 aliphatic rings. The highest BCUT2D eigenvalue weighted by molar-refractivity contribution is 7.92. The summed E-state index contributed by atoms with van der Waals surface area (Å²) in [4.78, 5) is 1.00. The van der Waals surface area contributed by atoms with Crippen LogP contribution in [-0.4, -0.2) is 33.1 Å². The largest absolute Gasteiger partial charge is 0.501 e. The third-order valence-electron chi connectivity index (χ3n) is 3.25. The second kappa shape index (κ2) is 5.25. The van der Waals surface area contributed by atoms with Crippen molar-refractivity contribution in [1.82, 2.24) is 0 Å². The van der Waals surface area contributed by atoms with E-state index >= 15 is 0 Å². The Morgan fingerprint density at radius 3 is 1.95 bits per heavy atom. The highest BCUT2D eigenvalue weighted by atomic mass is 32.2. The summed E-state index contributed by atoms with van der Waals surface area (Å²) in [5.74, 6) is 0. The van der Waals surface area contributed by atoms with Gasteiger partial charge in [0.15, 0.2) is 0 Å². The molecule has 114 valence electrons. The maximum absolute atomic E-state index is 12.4. The Kier molecular flexibility index (Phi) is 4.40. The van der Waals surface area contributed by atoms with Crippen LogP contribution >= 0.6 is 0 Å². The summed E-state index contributed by atoms with van der Waals surface area (Å²) in [5, 5.41) is 0. The molecule has 0 saturated heterocycles. The molecule has 1 rings (SSSR count). The molecule has 0 aliphatic carbocycles. The summed E-state index contributed by atoms with van der Waals surface area (Å²) >= 11 is 0. The van der Waals surface area contributed by atoms with Crippen molar-refractivity contribution in [2.75, 3.05) is 18.5 Å². The second-order valence-electron chi connectivity index (χ2n) is 5.02. The fourth-order valence-electron chi connectivity index (χ4n) is 1.47. The van der Waals surface area contributed by atoms with Crippen LogP contribution in [0.1, 0.15) is 13.8 Å². The fraction of sp³-hybridized carbons (Fsp3) is 0.500. The maximum atomic E-state index is 12.4. The van der Waals surface area contributed by atoms with Gasteiger partial charge in [0.25, 0.3) is 9.84 Å². The number of benzene rings is 1. The summed E-state index contributed by atoms with van der Waals surface area (Å²) in [6.45, 7) is 4.08. The topological polar surface area (TPSA) is 63.4 Å². The van der Waals surface area contributed by atoms with Crippen molar-refractivity contribution < 1.29 is 21.6 Å². The number of hydrogen-bond acceptors (Lipinski definition) is 4. The normalized spacial score (nSPS) is 13.3. The summed E-state index contributed by atoms with van der Waals surface area (Å²) in [7, 11) is -3.57. The van der Waals surface area contributed by atoms with E-state index in [2.05, 4.69) is 0 Å². The third-order valence-corrected chi connectivity index (χ3v) is 4.75. The van der Waals surface area contributed by atoms with Crippen LogP contribution in [0, 0.1) is 0 Å². The van der Waals surface area contributed by atoms with Crippen molar-refractivity contribution in [3.05, 3.63) is 24.3 Å². The van der Waals surface area contributed by atoms with Gasteiger partial charge in [-0.2, -0.15) is 13.2 Å². The molecule has 1 aromatic rings. The Morgan fingerprint density at radius 2 is 1.60 bits per heavy atom. The molecule has 0 bridgehead atoms. The van der Waals surface area contributed by atoms with Crippen LogP contribution in [0.25, 0.3) is 0 Å². The van der Waals surface area contributed by atoms with Gasteiger partial charge in [-0.1, -0.05) is 0 Å². The van der Waals surface area contributed by atoms with Crippen LogP contribution in [0.4, 0.5) is 18.9 Å². The first kappa shape index (κ1) is 16.8. The molecule has 0 heterocycles. The Hall–Kier alpha value is -1.28. The van der Waals surface area contributed by atoms with Gasteiger partial charge in [-0.15, -0.1) is 0 Å². The number of hydrogen-bond donors (Lipinski definition) is 1. The van der Waals surface area contributed by atoms with Crippen LogP contribution in [-0.2, 0) is 9.84 Å². The van der Waals surface area contributed by atoms with Gasteiger partial charge < -0.3 is 10.6 Å². The molecule has 0 amide bonds. The number of halogens is 3. The molecule has 8 heteroatoms. The van der Waals surface area contributed by atoms with Gasteiger partial charge >= 0.3 is 5.51 Å². The Balaban J connectivity index is 3.14. The van der Waals surface area contributed by atoms with E-state index in [1.807, 2.05) is 13.8 Å². The highest BCUT2D eigenvalue weighted by Gasteiger charge is 2.46. The Morgan fingerprint density at radius 1 is 1.15 bits per heavy atom. The van der Waals surface area contributed by atoms with E-state index in [0.717, 1.165) is 12.1 Å². The first-order valence-corrected chi connectivity index (χ1v) is 7.27. The zero-order chi connectivity index (χ0) is 15.8. The van der Waals surface area contributed by atoms with E-state index in [4.69, 9.17) is 5.73 Å². The van der Waals surface area contributed by atoms with Crippen molar-refractivity contribution in [1.29, 1.82) is 0 Å². The number of likely N-dealkylation sites (N-methyl/N-ethyl adjacent to an activating group) is 1. The SMILES string of the molecule is CN(c1ccc(S(=O)(=O)C(F)(F)F)cc1)C(C)(C)CN. The summed E-state index contributed by atoms with van der Waals surface area (Å²) < 4.78 is 59.7. The van der Waals surface area contributed by atoms with Crippen molar-refractivity contribution in [3.63, 3.8) is 0 Å².